The summed E-state index contributed by atoms with van der Waals surface area (Å²) in [5, 5.41) is 3.32. The third-order valence-electron chi connectivity index (χ3n) is 2.51. The molecule has 0 saturated carbocycles. The first-order chi connectivity index (χ1) is 9.56. The van der Waals surface area contributed by atoms with Crippen LogP contribution in [0.4, 0.5) is 0 Å². The fourth-order valence-corrected chi connectivity index (χ4v) is 2.35. The van der Waals surface area contributed by atoms with Crippen LogP contribution in [0.3, 0.4) is 0 Å². The molecule has 0 spiro atoms. The van der Waals surface area contributed by atoms with Gasteiger partial charge in [-0.25, -0.2) is 4.98 Å². The molecule has 0 aliphatic rings. The van der Waals surface area contributed by atoms with Crippen LogP contribution in [0.25, 0.3) is 0 Å². The fraction of sp³-hybridized carbons (Fsp3) is 0.357. The van der Waals surface area contributed by atoms with Gasteiger partial charge in [0.15, 0.2) is 4.67 Å². The van der Waals surface area contributed by atoms with E-state index < -0.39 is 0 Å². The predicted octanol–water partition coefficient (Wildman–Crippen LogP) is 4.28. The number of hydrogen-bond donors (Lipinski definition) is 1. The molecule has 6 heteroatoms. The second kappa shape index (κ2) is 7.24. The summed E-state index contributed by atoms with van der Waals surface area (Å²) < 4.78 is 12.8. The second-order valence-corrected chi connectivity index (χ2v) is 6.15. The molecule has 0 aromatic carbocycles. The van der Waals surface area contributed by atoms with Crippen LogP contribution in [0.5, 0.6) is 5.88 Å². The van der Waals surface area contributed by atoms with Gasteiger partial charge in [0.2, 0.25) is 5.88 Å². The van der Waals surface area contributed by atoms with E-state index >= 15 is 0 Å². The molecule has 108 valence electrons. The molecule has 0 saturated heterocycles. The number of rotatable bonds is 6. The van der Waals surface area contributed by atoms with Gasteiger partial charge in [-0.2, -0.15) is 0 Å². The van der Waals surface area contributed by atoms with E-state index in [1.54, 1.807) is 6.20 Å². The van der Waals surface area contributed by atoms with Gasteiger partial charge < -0.3 is 14.5 Å². The minimum Gasteiger partial charge on any atom is -0.475 e. The van der Waals surface area contributed by atoms with Crippen LogP contribution in [0, 0.1) is 0 Å². The van der Waals surface area contributed by atoms with Crippen LogP contribution < -0.4 is 10.1 Å². The minimum absolute atomic E-state index is 0.112. The molecular formula is C14H16Br2N2O2. The SMILES string of the molecule is CC(C)Oc1ncccc1CNCc1cc(Br)c(Br)o1. The zero-order valence-electron chi connectivity index (χ0n) is 11.3. The number of halogens is 2. The molecule has 0 amide bonds. The minimum atomic E-state index is 0.112. The van der Waals surface area contributed by atoms with Gasteiger partial charge >= 0.3 is 0 Å². The highest BCUT2D eigenvalue weighted by Gasteiger charge is 2.08. The molecule has 2 heterocycles. The molecule has 2 rings (SSSR count). The van der Waals surface area contributed by atoms with Crippen molar-refractivity contribution in [1.82, 2.24) is 10.3 Å². The zero-order chi connectivity index (χ0) is 14.5. The summed E-state index contributed by atoms with van der Waals surface area (Å²) >= 11 is 6.71. The average Bonchev–Trinajstić information content (AvgIpc) is 2.70. The number of aromatic nitrogens is 1. The first-order valence-electron chi connectivity index (χ1n) is 6.31. The van der Waals surface area contributed by atoms with E-state index in [4.69, 9.17) is 9.15 Å². The largest absolute Gasteiger partial charge is 0.475 e. The van der Waals surface area contributed by atoms with Crippen LogP contribution in [0.1, 0.15) is 25.2 Å². The standard InChI is InChI=1S/C14H16Br2N2O2/c1-9(2)19-14-10(4-3-5-18-14)7-17-8-11-6-12(15)13(16)20-11/h3-6,9,17H,7-8H2,1-2H3. The molecule has 2 aromatic rings. The molecule has 0 bridgehead atoms. The molecule has 0 radical (unpaired) electrons. The van der Waals surface area contributed by atoms with Crippen molar-refractivity contribution in [2.75, 3.05) is 0 Å². The second-order valence-electron chi connectivity index (χ2n) is 4.57. The zero-order valence-corrected chi connectivity index (χ0v) is 14.5. The lowest BCUT2D eigenvalue weighted by Crippen LogP contribution is -2.15. The lowest BCUT2D eigenvalue weighted by Gasteiger charge is -2.12. The van der Waals surface area contributed by atoms with Gasteiger partial charge in [-0.1, -0.05) is 6.07 Å². The molecule has 20 heavy (non-hydrogen) atoms. The average molecular weight is 404 g/mol. The van der Waals surface area contributed by atoms with Crippen molar-refractivity contribution in [3.05, 3.63) is 44.9 Å². The summed E-state index contributed by atoms with van der Waals surface area (Å²) in [6.07, 6.45) is 1.85. The van der Waals surface area contributed by atoms with Crippen LogP contribution in [-0.2, 0) is 13.1 Å². The highest BCUT2D eigenvalue weighted by molar-refractivity contribution is 9.13. The van der Waals surface area contributed by atoms with Crippen molar-refractivity contribution in [3.8, 4) is 5.88 Å². The maximum absolute atomic E-state index is 5.68. The highest BCUT2D eigenvalue weighted by Crippen LogP contribution is 2.26. The molecule has 0 aliphatic carbocycles. The van der Waals surface area contributed by atoms with Crippen LogP contribution in [0.15, 0.2) is 38.0 Å². The Labute approximate surface area is 135 Å². The van der Waals surface area contributed by atoms with Crippen molar-refractivity contribution >= 4 is 31.9 Å². The molecule has 0 atom stereocenters. The van der Waals surface area contributed by atoms with Crippen LogP contribution in [-0.4, -0.2) is 11.1 Å². The maximum atomic E-state index is 5.68. The third kappa shape index (κ3) is 4.33. The summed E-state index contributed by atoms with van der Waals surface area (Å²) in [6, 6.07) is 5.85. The predicted molar refractivity (Wildman–Crippen MR) is 84.7 cm³/mol. The Morgan fingerprint density at radius 3 is 2.80 bits per heavy atom. The fourth-order valence-electron chi connectivity index (χ4n) is 1.69. The first-order valence-corrected chi connectivity index (χ1v) is 7.90. The molecule has 0 fully saturated rings. The van der Waals surface area contributed by atoms with E-state index in [2.05, 4.69) is 42.2 Å². The summed E-state index contributed by atoms with van der Waals surface area (Å²) in [5.74, 6) is 1.54. The summed E-state index contributed by atoms with van der Waals surface area (Å²) in [6.45, 7) is 5.29. The van der Waals surface area contributed by atoms with E-state index in [0.717, 1.165) is 15.8 Å². The van der Waals surface area contributed by atoms with Crippen molar-refractivity contribution in [1.29, 1.82) is 0 Å². The molecule has 4 nitrogen and oxygen atoms in total. The van der Waals surface area contributed by atoms with Crippen molar-refractivity contribution in [2.45, 2.75) is 33.0 Å². The van der Waals surface area contributed by atoms with E-state index in [1.165, 1.54) is 0 Å². The van der Waals surface area contributed by atoms with Gasteiger partial charge in [-0.3, -0.25) is 0 Å². The Bertz CT molecular complexity index is 551. The number of nitrogens with one attached hydrogen (secondary N) is 1. The smallest absolute Gasteiger partial charge is 0.218 e. The number of nitrogens with zero attached hydrogens (tertiary/aromatic N) is 1. The van der Waals surface area contributed by atoms with Gasteiger partial charge in [-0.05, 0) is 57.8 Å². The van der Waals surface area contributed by atoms with Crippen LogP contribution >= 0.6 is 31.9 Å². The Morgan fingerprint density at radius 1 is 1.35 bits per heavy atom. The lowest BCUT2D eigenvalue weighted by atomic mass is 10.2. The highest BCUT2D eigenvalue weighted by atomic mass is 79.9. The van der Waals surface area contributed by atoms with Crippen molar-refractivity contribution in [3.63, 3.8) is 0 Å². The van der Waals surface area contributed by atoms with E-state index in [9.17, 15) is 0 Å². The van der Waals surface area contributed by atoms with Gasteiger partial charge in [0.05, 0.1) is 17.1 Å². The van der Waals surface area contributed by atoms with Crippen LogP contribution in [0.2, 0.25) is 0 Å². The molecule has 2 aromatic heterocycles. The number of pyridine rings is 1. The van der Waals surface area contributed by atoms with Crippen molar-refractivity contribution in [2.24, 2.45) is 0 Å². The van der Waals surface area contributed by atoms with Gasteiger partial charge in [0.1, 0.15) is 5.76 Å². The van der Waals surface area contributed by atoms with E-state index in [-0.39, 0.29) is 6.10 Å². The summed E-state index contributed by atoms with van der Waals surface area (Å²) in [4.78, 5) is 4.26. The maximum Gasteiger partial charge on any atom is 0.218 e. The number of ether oxygens (including phenoxy) is 1. The van der Waals surface area contributed by atoms with E-state index in [0.29, 0.717) is 23.6 Å². The Kier molecular flexibility index (Phi) is 5.63. The third-order valence-corrected chi connectivity index (χ3v) is 4.22. The quantitative estimate of drug-likeness (QED) is 0.781. The first kappa shape index (κ1) is 15.5. The van der Waals surface area contributed by atoms with Gasteiger partial charge in [0.25, 0.3) is 0 Å². The Morgan fingerprint density at radius 2 is 2.15 bits per heavy atom. The van der Waals surface area contributed by atoms with Gasteiger partial charge in [-0.15, -0.1) is 0 Å². The van der Waals surface area contributed by atoms with E-state index in [1.807, 2.05) is 32.0 Å². The van der Waals surface area contributed by atoms with Crippen molar-refractivity contribution < 1.29 is 9.15 Å². The molecule has 1 N–H and O–H groups in total. The number of furan rings is 1. The number of hydrogen-bond acceptors (Lipinski definition) is 4. The molecular weight excluding hydrogens is 388 g/mol. The monoisotopic (exact) mass is 402 g/mol. The van der Waals surface area contributed by atoms with Gasteiger partial charge in [0, 0.05) is 18.3 Å². The molecule has 0 unspecified atom stereocenters. The Hall–Kier alpha value is -0.850. The Balaban J connectivity index is 1.93. The topological polar surface area (TPSA) is 47.3 Å². The summed E-state index contributed by atoms with van der Waals surface area (Å²) in [7, 11) is 0. The normalized spacial score (nSPS) is 11.1. The summed E-state index contributed by atoms with van der Waals surface area (Å²) in [5.41, 5.74) is 1.03. The molecule has 0 aliphatic heterocycles. The lowest BCUT2D eigenvalue weighted by molar-refractivity contribution is 0.229.